The first-order chi connectivity index (χ1) is 7.28. The predicted molar refractivity (Wildman–Crippen MR) is 60.5 cm³/mol. The molecule has 0 spiro atoms. The first-order valence-corrected chi connectivity index (χ1v) is 6.10. The first-order valence-electron chi connectivity index (χ1n) is 6.10. The molecule has 2 aliphatic rings. The van der Waals surface area contributed by atoms with Crippen molar-refractivity contribution < 1.29 is 0 Å². The number of hydrogen-bond acceptors (Lipinski definition) is 2. The highest BCUT2D eigenvalue weighted by Gasteiger charge is 2.41. The van der Waals surface area contributed by atoms with Crippen LogP contribution in [0.4, 0.5) is 5.69 Å². The first kappa shape index (κ1) is 9.25. The van der Waals surface area contributed by atoms with Crippen molar-refractivity contribution in [2.45, 2.75) is 45.1 Å². The number of rotatable bonds is 2. The van der Waals surface area contributed by atoms with Crippen LogP contribution in [0.1, 0.15) is 44.2 Å². The standard InChI is InChI=1S/C12H19N3/c1-2-15-7-11(13)12(14-15)10-6-8-3-4-9(10)5-8/h7-10H,2-6,13H2,1H3. The van der Waals surface area contributed by atoms with Gasteiger partial charge in [-0.25, -0.2) is 0 Å². The van der Waals surface area contributed by atoms with Gasteiger partial charge in [0.2, 0.25) is 0 Å². The summed E-state index contributed by atoms with van der Waals surface area (Å²) in [5.74, 6) is 2.50. The van der Waals surface area contributed by atoms with Crippen LogP contribution in [0, 0.1) is 11.8 Å². The Kier molecular flexibility index (Phi) is 2.01. The van der Waals surface area contributed by atoms with Gasteiger partial charge in [0, 0.05) is 18.7 Å². The fourth-order valence-corrected chi connectivity index (χ4v) is 3.48. The van der Waals surface area contributed by atoms with Gasteiger partial charge >= 0.3 is 0 Å². The highest BCUT2D eigenvalue weighted by Crippen LogP contribution is 2.53. The molecule has 1 aromatic rings. The molecule has 1 heterocycles. The highest BCUT2D eigenvalue weighted by molar-refractivity contribution is 5.43. The molecule has 2 fully saturated rings. The summed E-state index contributed by atoms with van der Waals surface area (Å²) in [5.41, 5.74) is 8.14. The summed E-state index contributed by atoms with van der Waals surface area (Å²) in [5, 5.41) is 4.62. The third kappa shape index (κ3) is 1.36. The molecule has 3 rings (SSSR count). The molecule has 3 unspecified atom stereocenters. The fraction of sp³-hybridized carbons (Fsp3) is 0.750. The second-order valence-corrected chi connectivity index (χ2v) is 5.11. The van der Waals surface area contributed by atoms with E-state index in [4.69, 9.17) is 5.73 Å². The monoisotopic (exact) mass is 205 g/mol. The van der Waals surface area contributed by atoms with Gasteiger partial charge in [-0.15, -0.1) is 0 Å². The Bertz CT molecular complexity index is 369. The zero-order valence-corrected chi connectivity index (χ0v) is 9.32. The van der Waals surface area contributed by atoms with E-state index in [0.29, 0.717) is 5.92 Å². The molecule has 3 nitrogen and oxygen atoms in total. The van der Waals surface area contributed by atoms with Crippen molar-refractivity contribution >= 4 is 5.69 Å². The van der Waals surface area contributed by atoms with Crippen molar-refractivity contribution in [3.05, 3.63) is 11.9 Å². The average molecular weight is 205 g/mol. The van der Waals surface area contributed by atoms with E-state index in [1.54, 1.807) is 0 Å². The Morgan fingerprint density at radius 2 is 2.33 bits per heavy atom. The molecule has 1 aromatic heterocycles. The Morgan fingerprint density at radius 3 is 2.87 bits per heavy atom. The lowest BCUT2D eigenvalue weighted by atomic mass is 9.86. The lowest BCUT2D eigenvalue weighted by Gasteiger charge is -2.20. The normalized spacial score (nSPS) is 33.8. The maximum absolute atomic E-state index is 6.05. The van der Waals surface area contributed by atoms with Gasteiger partial charge in [0.15, 0.2) is 0 Å². The quantitative estimate of drug-likeness (QED) is 0.805. The number of aryl methyl sites for hydroxylation is 1. The predicted octanol–water partition coefficient (Wildman–Crippen LogP) is 2.39. The van der Waals surface area contributed by atoms with Gasteiger partial charge in [-0.1, -0.05) is 6.42 Å². The molecular formula is C12H19N3. The van der Waals surface area contributed by atoms with E-state index in [9.17, 15) is 0 Å². The van der Waals surface area contributed by atoms with Crippen LogP contribution in [-0.4, -0.2) is 9.78 Å². The number of nitrogen functional groups attached to an aromatic ring is 1. The topological polar surface area (TPSA) is 43.8 Å². The van der Waals surface area contributed by atoms with Crippen LogP contribution in [0.15, 0.2) is 6.20 Å². The molecule has 2 saturated carbocycles. The van der Waals surface area contributed by atoms with Crippen LogP contribution in [0.5, 0.6) is 0 Å². The summed E-state index contributed by atoms with van der Waals surface area (Å²) in [6.45, 7) is 3.03. The van der Waals surface area contributed by atoms with Gasteiger partial charge in [0.1, 0.15) is 0 Å². The van der Waals surface area contributed by atoms with Gasteiger partial charge in [0.05, 0.1) is 11.4 Å². The SMILES string of the molecule is CCn1cc(N)c(C2CC3CCC2C3)n1. The summed E-state index contributed by atoms with van der Waals surface area (Å²) in [7, 11) is 0. The largest absolute Gasteiger partial charge is 0.396 e. The van der Waals surface area contributed by atoms with Crippen molar-refractivity contribution in [3.63, 3.8) is 0 Å². The molecule has 0 aromatic carbocycles. The summed E-state index contributed by atoms with van der Waals surface area (Å²) in [4.78, 5) is 0. The van der Waals surface area contributed by atoms with E-state index < -0.39 is 0 Å². The molecule has 3 atom stereocenters. The lowest BCUT2D eigenvalue weighted by Crippen LogP contribution is -2.11. The second kappa shape index (κ2) is 3.26. The van der Waals surface area contributed by atoms with Crippen molar-refractivity contribution in [2.75, 3.05) is 5.73 Å². The van der Waals surface area contributed by atoms with E-state index in [1.165, 1.54) is 31.4 Å². The minimum absolute atomic E-state index is 0.663. The minimum Gasteiger partial charge on any atom is -0.396 e. The molecule has 3 heteroatoms. The zero-order valence-electron chi connectivity index (χ0n) is 9.32. The smallest absolute Gasteiger partial charge is 0.0887 e. The molecule has 82 valence electrons. The summed E-state index contributed by atoms with van der Waals surface area (Å²) >= 11 is 0. The van der Waals surface area contributed by atoms with Gasteiger partial charge < -0.3 is 5.73 Å². The lowest BCUT2D eigenvalue weighted by molar-refractivity contribution is 0.410. The van der Waals surface area contributed by atoms with E-state index in [-0.39, 0.29) is 0 Å². The summed E-state index contributed by atoms with van der Waals surface area (Å²) < 4.78 is 1.97. The van der Waals surface area contributed by atoms with Gasteiger partial charge in [0.25, 0.3) is 0 Å². The molecule has 0 saturated heterocycles. The Balaban J connectivity index is 1.89. The zero-order chi connectivity index (χ0) is 10.4. The maximum Gasteiger partial charge on any atom is 0.0887 e. The van der Waals surface area contributed by atoms with Crippen molar-refractivity contribution in [1.29, 1.82) is 0 Å². The van der Waals surface area contributed by atoms with E-state index in [1.807, 2.05) is 10.9 Å². The highest BCUT2D eigenvalue weighted by atomic mass is 15.3. The molecule has 2 bridgehead atoms. The Morgan fingerprint density at radius 1 is 1.47 bits per heavy atom. The number of anilines is 1. The maximum atomic E-state index is 6.05. The molecule has 2 aliphatic carbocycles. The molecule has 0 aliphatic heterocycles. The van der Waals surface area contributed by atoms with Gasteiger partial charge in [-0.05, 0) is 38.0 Å². The third-order valence-electron chi connectivity index (χ3n) is 4.23. The molecule has 0 radical (unpaired) electrons. The Hall–Kier alpha value is -0.990. The van der Waals surface area contributed by atoms with E-state index in [0.717, 1.165) is 24.1 Å². The molecule has 2 N–H and O–H groups in total. The summed E-state index contributed by atoms with van der Waals surface area (Å²) in [6, 6.07) is 0. The number of fused-ring (bicyclic) bond motifs is 2. The van der Waals surface area contributed by atoms with Crippen LogP contribution in [0.2, 0.25) is 0 Å². The van der Waals surface area contributed by atoms with Crippen molar-refractivity contribution in [3.8, 4) is 0 Å². The number of hydrogen-bond donors (Lipinski definition) is 1. The fourth-order valence-electron chi connectivity index (χ4n) is 3.48. The second-order valence-electron chi connectivity index (χ2n) is 5.11. The molecular weight excluding hydrogens is 186 g/mol. The molecule has 15 heavy (non-hydrogen) atoms. The van der Waals surface area contributed by atoms with Crippen LogP contribution in [0.25, 0.3) is 0 Å². The van der Waals surface area contributed by atoms with Crippen molar-refractivity contribution in [1.82, 2.24) is 9.78 Å². The number of nitrogens with zero attached hydrogens (tertiary/aromatic N) is 2. The van der Waals surface area contributed by atoms with Gasteiger partial charge in [-0.3, -0.25) is 4.68 Å². The average Bonchev–Trinajstić information content (AvgIpc) is 2.90. The van der Waals surface area contributed by atoms with Crippen molar-refractivity contribution in [2.24, 2.45) is 11.8 Å². The Labute approximate surface area is 90.7 Å². The van der Waals surface area contributed by atoms with E-state index in [2.05, 4.69) is 12.0 Å². The van der Waals surface area contributed by atoms with Gasteiger partial charge in [-0.2, -0.15) is 5.10 Å². The van der Waals surface area contributed by atoms with Crippen LogP contribution in [-0.2, 0) is 6.54 Å². The summed E-state index contributed by atoms with van der Waals surface area (Å²) in [6.07, 6.45) is 7.57. The third-order valence-corrected chi connectivity index (χ3v) is 4.23. The molecule has 0 amide bonds. The van der Waals surface area contributed by atoms with Crippen LogP contribution >= 0.6 is 0 Å². The van der Waals surface area contributed by atoms with Crippen LogP contribution < -0.4 is 5.73 Å². The van der Waals surface area contributed by atoms with Crippen LogP contribution in [0.3, 0.4) is 0 Å². The number of aromatic nitrogens is 2. The number of nitrogens with two attached hydrogens (primary N) is 1. The minimum atomic E-state index is 0.663. The van der Waals surface area contributed by atoms with E-state index >= 15 is 0 Å².